The van der Waals surface area contributed by atoms with Gasteiger partial charge in [-0.3, -0.25) is 0 Å². The largest absolute Gasteiger partial charge is 0.569 e. The molecular weight excluding hydrogens is 1740 g/mol. The molecule has 0 fully saturated rings. The maximum Gasteiger partial charge on any atom is 0.569 e. The Morgan fingerprint density at radius 2 is 0.518 bits per heavy atom. The number of halogens is 1. The molecule has 7 aromatic heterocycles. The van der Waals surface area contributed by atoms with Crippen molar-refractivity contribution in [2.75, 3.05) is 0 Å². The molecule has 7 heterocycles. The molecule has 0 amide bonds. The average Bonchev–Trinajstić information content (AvgIpc) is 1.49. The van der Waals surface area contributed by atoms with Gasteiger partial charge in [-0.05, 0) is 126 Å². The first-order valence-corrected chi connectivity index (χ1v) is 46.1. The van der Waals surface area contributed by atoms with E-state index in [-0.39, 0.29) is 5.28 Å². The zero-order valence-electron chi connectivity index (χ0n) is 73.5. The van der Waals surface area contributed by atoms with Gasteiger partial charge in [0.05, 0.1) is 16.4 Å². The lowest BCUT2D eigenvalue weighted by molar-refractivity contribution is 0.426. The average molecular weight is 1810 g/mol. The first-order chi connectivity index (χ1) is 68.6. The van der Waals surface area contributed by atoms with E-state index in [2.05, 4.69) is 130 Å². The highest BCUT2D eigenvalue weighted by atomic mass is 35.5. The standard InChI is InChI=1S/C67H38N6O2.C37H21B2O6.C15H10ClN3/c1-5-21-39(22-6-1)61-68-62(40-23-7-2-8-24-40)71-65(70-61)47-37-52-58(60-55(47)45-31-15-19-35-53(45)75-60)57-51(67(52)49-33-17-13-29-43(49)44-30-14-18-34-50(44)67)38-48(59-56(57)46-32-16-20-36-54(46)74-59)66-72-63(41-25-9-3-10-26-41)69-64(73-66)42-27-11-4-12-28-42;40-38-45-30-18-26-33(32-22-12-4-8-16-29(22)43-35(30)32)34-25(17-27(39(41)42)31-21-11-3-7-15-28(21)44-36(31)34)37(26)23-13-5-1-9-19(23)20-10-2-6-14-24(20)37;16-15-18-13(11-7-3-1-4-8-11)17-14(19-15)12-9-5-2-6-10-12/h1-38H;1-18,40-42H;1-10H. The molecule has 1 radical (unpaired) electrons. The predicted octanol–water partition coefficient (Wildman–Crippen LogP) is 26.5. The van der Waals surface area contributed by atoms with E-state index in [4.69, 9.17) is 63.8 Å². The van der Waals surface area contributed by atoms with Crippen LogP contribution in [-0.4, -0.2) is 74.7 Å². The van der Waals surface area contributed by atoms with E-state index < -0.39 is 17.9 Å². The van der Waals surface area contributed by atoms with Gasteiger partial charge in [0.15, 0.2) is 52.2 Å². The summed E-state index contributed by atoms with van der Waals surface area (Å²) in [6.45, 7) is 0. The van der Waals surface area contributed by atoms with Crippen LogP contribution in [-0.2, 0) is 10.8 Å². The molecule has 0 saturated carbocycles. The Hall–Kier alpha value is -17.7. The van der Waals surface area contributed by atoms with Crippen molar-refractivity contribution in [2.45, 2.75) is 10.8 Å². The van der Waals surface area contributed by atoms with E-state index in [1.807, 2.05) is 285 Å². The molecule has 4 aliphatic carbocycles. The molecule has 0 aliphatic heterocycles. The van der Waals surface area contributed by atoms with Crippen molar-refractivity contribution in [1.82, 2.24) is 44.9 Å². The highest BCUT2D eigenvalue weighted by molar-refractivity contribution is 6.63. The summed E-state index contributed by atoms with van der Waals surface area (Å²) >= 11 is 5.99. The maximum absolute atomic E-state index is 10.9. The second-order valence-corrected chi connectivity index (χ2v) is 35.3. The van der Waals surface area contributed by atoms with Crippen molar-refractivity contribution in [3.05, 3.63) is 450 Å². The molecule has 18 aromatic carbocycles. The highest BCUT2D eigenvalue weighted by Gasteiger charge is 2.57. The Morgan fingerprint density at radius 3 is 0.899 bits per heavy atom. The van der Waals surface area contributed by atoms with Crippen LogP contribution < -0.4 is 10.1 Å². The molecule has 29 rings (SSSR count). The molecule has 2 spiro atoms. The number of aromatic nitrogens is 9. The van der Waals surface area contributed by atoms with Gasteiger partial charge in [-0.15, -0.1) is 0 Å². The van der Waals surface area contributed by atoms with Crippen LogP contribution in [0.5, 0.6) is 5.75 Å². The molecule has 25 aromatic rings. The number of nitrogens with zero attached hydrogens (tertiary/aromatic N) is 9. The van der Waals surface area contributed by atoms with Crippen LogP contribution in [0.25, 0.3) is 223 Å². The van der Waals surface area contributed by atoms with Crippen LogP contribution in [0.15, 0.2) is 418 Å². The van der Waals surface area contributed by atoms with Crippen LogP contribution in [0.4, 0.5) is 0 Å². The van der Waals surface area contributed by atoms with Gasteiger partial charge in [-0.1, -0.05) is 358 Å². The zero-order chi connectivity index (χ0) is 92.3. The van der Waals surface area contributed by atoms with Gasteiger partial charge in [-0.2, -0.15) is 9.97 Å². The summed E-state index contributed by atoms with van der Waals surface area (Å²) in [6.07, 6.45) is 0. The second kappa shape index (κ2) is 32.0. The van der Waals surface area contributed by atoms with Crippen molar-refractivity contribution >= 4 is 120 Å². The highest BCUT2D eigenvalue weighted by Crippen LogP contribution is 2.70. The number of benzene rings is 18. The molecule has 0 saturated heterocycles. The second-order valence-electron chi connectivity index (χ2n) is 34.9. The van der Waals surface area contributed by atoms with E-state index >= 15 is 0 Å². The summed E-state index contributed by atoms with van der Waals surface area (Å²) in [5.74, 6) is 4.87. The molecule has 3 N–H and O–H groups in total. The fraction of sp³-hybridized carbons (Fsp3) is 0.0168. The normalized spacial score (nSPS) is 12.9. The summed E-state index contributed by atoms with van der Waals surface area (Å²) in [6, 6.07) is 135. The van der Waals surface area contributed by atoms with Crippen molar-refractivity contribution in [2.24, 2.45) is 0 Å². The lowest BCUT2D eigenvalue weighted by Gasteiger charge is -2.31. The molecular formula is C119H69B2ClN9O8. The van der Waals surface area contributed by atoms with E-state index in [1.54, 1.807) is 0 Å². The van der Waals surface area contributed by atoms with Gasteiger partial charge in [0, 0.05) is 104 Å². The van der Waals surface area contributed by atoms with Crippen molar-refractivity contribution in [1.29, 1.82) is 0 Å². The quantitative estimate of drug-likeness (QED) is 0.102. The number of hydrogen-bond acceptors (Lipinski definition) is 17. The van der Waals surface area contributed by atoms with Crippen LogP contribution in [0, 0.1) is 0 Å². The van der Waals surface area contributed by atoms with E-state index in [1.165, 1.54) is 0 Å². The molecule has 139 heavy (non-hydrogen) atoms. The van der Waals surface area contributed by atoms with Crippen LogP contribution in [0.1, 0.15) is 44.5 Å². The number of rotatable bonds is 11. The Kier molecular flexibility index (Phi) is 18.6. The first kappa shape index (κ1) is 80.9. The summed E-state index contributed by atoms with van der Waals surface area (Å²) in [4.78, 5) is 44.7. The van der Waals surface area contributed by atoms with E-state index in [0.29, 0.717) is 98.8 Å². The van der Waals surface area contributed by atoms with Crippen LogP contribution in [0.2, 0.25) is 5.28 Å². The Bertz CT molecular complexity index is 9110. The lowest BCUT2D eigenvalue weighted by Crippen LogP contribution is -2.33. The molecule has 4 aliphatic rings. The van der Waals surface area contributed by atoms with Gasteiger partial charge in [0.25, 0.3) is 0 Å². The molecule has 651 valence electrons. The van der Waals surface area contributed by atoms with Gasteiger partial charge in [-0.25, -0.2) is 34.9 Å². The Labute approximate surface area is 798 Å². The third-order valence-corrected chi connectivity index (χ3v) is 27.8. The minimum Gasteiger partial charge on any atom is -0.535 e. The lowest BCUT2D eigenvalue weighted by atomic mass is 9.68. The summed E-state index contributed by atoms with van der Waals surface area (Å²) < 4.78 is 33.5. The first-order valence-electron chi connectivity index (χ1n) is 45.7. The topological polar surface area (TPSA) is 238 Å². The Morgan fingerprint density at radius 1 is 0.245 bits per heavy atom. The number of para-hydroxylation sites is 4. The maximum atomic E-state index is 10.9. The van der Waals surface area contributed by atoms with Gasteiger partial charge in [0.2, 0.25) is 5.28 Å². The SMILES string of the molecule is Clc1nc(-c2ccccc2)nc(-c2ccccc2)n1.O[B]Oc1cc2c(c3c1oc1ccccc13)-c1c(cc(B(O)O)c3c1oc1ccccc13)C21c2ccccc2-c2ccccc21.c1ccc(-c2nc(-c3ccccc3)nc(-c3cc4c(c5c3oc3ccccc35)-c3c(cc(-c5nc(-c6ccccc6)nc(-c6ccccc6)n5)c5c3oc3ccccc35)C43c4ccccc4-c4ccccc43)n2)cc1. The summed E-state index contributed by atoms with van der Waals surface area (Å²) in [5, 5.41) is 38.9. The molecule has 20 heteroatoms. The third kappa shape index (κ3) is 12.3. The van der Waals surface area contributed by atoms with Crippen molar-refractivity contribution < 1.29 is 37.4 Å². The summed E-state index contributed by atoms with van der Waals surface area (Å²) in [7, 11) is -1.07. The van der Waals surface area contributed by atoms with E-state index in [0.717, 1.165) is 188 Å². The fourth-order valence-corrected chi connectivity index (χ4v) is 22.2. The van der Waals surface area contributed by atoms with Crippen LogP contribution in [0.3, 0.4) is 0 Å². The number of hydrogen-bond donors (Lipinski definition) is 3. The molecule has 0 bridgehead atoms. The minimum absolute atomic E-state index is 0.202. The predicted molar refractivity (Wildman–Crippen MR) is 548 cm³/mol. The minimum atomic E-state index is -1.75. The van der Waals surface area contributed by atoms with Crippen molar-refractivity contribution in [3.63, 3.8) is 0 Å². The fourth-order valence-electron chi connectivity index (χ4n) is 22.1. The third-order valence-electron chi connectivity index (χ3n) is 27.6. The summed E-state index contributed by atoms with van der Waals surface area (Å²) in [5.41, 5.74) is 27.6. The van der Waals surface area contributed by atoms with E-state index in [9.17, 15) is 15.1 Å². The molecule has 17 nitrogen and oxygen atoms in total. The molecule has 0 unspecified atom stereocenters. The van der Waals surface area contributed by atoms with Crippen LogP contribution >= 0.6 is 11.6 Å². The Balaban J connectivity index is 0.000000127. The van der Waals surface area contributed by atoms with Crippen molar-refractivity contribution in [3.8, 4) is 141 Å². The van der Waals surface area contributed by atoms with Gasteiger partial charge >= 0.3 is 14.8 Å². The number of fused-ring (bicyclic) bond motifs is 36. The van der Waals surface area contributed by atoms with Gasteiger partial charge < -0.3 is 37.4 Å². The molecule has 0 atom stereocenters. The monoisotopic (exact) mass is 1810 g/mol. The van der Waals surface area contributed by atoms with Gasteiger partial charge in [0.1, 0.15) is 44.8 Å². The smallest absolute Gasteiger partial charge is 0.535 e. The number of furan rings is 4. The zero-order valence-corrected chi connectivity index (χ0v) is 74.3.